The number of piperidine rings is 1. The van der Waals surface area contributed by atoms with Crippen molar-refractivity contribution in [3.8, 4) is 0 Å². The zero-order valence-electron chi connectivity index (χ0n) is 14.7. The summed E-state index contributed by atoms with van der Waals surface area (Å²) in [4.78, 5) is 36.5. The van der Waals surface area contributed by atoms with Crippen LogP contribution in [0.1, 0.15) is 23.2 Å². The number of carbonyl (C=O) groups is 2. The van der Waals surface area contributed by atoms with Crippen molar-refractivity contribution >= 4 is 23.2 Å². The minimum absolute atomic E-state index is 0.246. The Balaban J connectivity index is 1.59. The van der Waals surface area contributed by atoms with Crippen molar-refractivity contribution < 1.29 is 23.3 Å². The number of non-ortho nitro benzene ring substituents is 1. The molecule has 2 aromatic rings. The predicted octanol–water partition coefficient (Wildman–Crippen LogP) is 3.36. The molecule has 0 spiro atoms. The van der Waals surface area contributed by atoms with Crippen LogP contribution in [0.5, 0.6) is 0 Å². The van der Waals surface area contributed by atoms with Gasteiger partial charge < -0.3 is 10.2 Å². The molecule has 2 amide bonds. The van der Waals surface area contributed by atoms with Crippen LogP contribution in [-0.4, -0.2) is 34.7 Å². The van der Waals surface area contributed by atoms with E-state index < -0.39 is 28.4 Å². The molecule has 1 heterocycles. The van der Waals surface area contributed by atoms with Crippen LogP contribution in [0.4, 0.5) is 20.2 Å². The third-order valence-electron chi connectivity index (χ3n) is 4.66. The molecule has 1 fully saturated rings. The van der Waals surface area contributed by atoms with Gasteiger partial charge in [-0.05, 0) is 43.2 Å². The molecule has 0 bridgehead atoms. The van der Waals surface area contributed by atoms with Gasteiger partial charge in [0.1, 0.15) is 11.6 Å². The van der Waals surface area contributed by atoms with Crippen molar-refractivity contribution in [2.75, 3.05) is 18.4 Å². The SMILES string of the molecule is O=C(Nc1cc([N+](=O)[O-])ccc1F)C1CCN(C(=O)c2ccc(F)cc2)CC1. The maximum Gasteiger partial charge on any atom is 0.271 e. The van der Waals surface area contributed by atoms with Crippen molar-refractivity contribution in [2.24, 2.45) is 5.92 Å². The Bertz CT molecular complexity index is 910. The number of benzene rings is 2. The smallest absolute Gasteiger partial charge is 0.271 e. The van der Waals surface area contributed by atoms with Crippen molar-refractivity contribution in [3.63, 3.8) is 0 Å². The molecule has 1 aliphatic rings. The predicted molar refractivity (Wildman–Crippen MR) is 96.7 cm³/mol. The topological polar surface area (TPSA) is 92.5 Å². The van der Waals surface area contributed by atoms with E-state index >= 15 is 0 Å². The monoisotopic (exact) mass is 389 g/mol. The highest BCUT2D eigenvalue weighted by Crippen LogP contribution is 2.25. The van der Waals surface area contributed by atoms with Gasteiger partial charge in [-0.3, -0.25) is 19.7 Å². The number of carbonyl (C=O) groups excluding carboxylic acids is 2. The Kier molecular flexibility index (Phi) is 5.62. The molecule has 146 valence electrons. The maximum atomic E-state index is 13.8. The molecule has 3 rings (SSSR count). The molecule has 2 aromatic carbocycles. The lowest BCUT2D eigenvalue weighted by molar-refractivity contribution is -0.384. The molecule has 28 heavy (non-hydrogen) atoms. The summed E-state index contributed by atoms with van der Waals surface area (Å²) in [7, 11) is 0. The second-order valence-electron chi connectivity index (χ2n) is 6.48. The molecular formula is C19H17F2N3O4. The lowest BCUT2D eigenvalue weighted by Crippen LogP contribution is -2.41. The standard InChI is InChI=1S/C19H17F2N3O4/c20-14-3-1-13(2-4-14)19(26)23-9-7-12(8-10-23)18(25)22-17-11-15(24(27)28)5-6-16(17)21/h1-6,11-12H,7-10H2,(H,22,25). The van der Waals surface area contributed by atoms with Gasteiger partial charge in [-0.1, -0.05) is 0 Å². The highest BCUT2D eigenvalue weighted by molar-refractivity contribution is 5.95. The summed E-state index contributed by atoms with van der Waals surface area (Å²) in [6, 6.07) is 8.15. The average molecular weight is 389 g/mol. The fourth-order valence-electron chi connectivity index (χ4n) is 3.08. The molecular weight excluding hydrogens is 372 g/mol. The number of nitrogens with one attached hydrogen (secondary N) is 1. The summed E-state index contributed by atoms with van der Waals surface area (Å²) in [6.45, 7) is 0.650. The lowest BCUT2D eigenvalue weighted by Gasteiger charge is -2.31. The van der Waals surface area contributed by atoms with E-state index in [0.717, 1.165) is 18.2 Å². The van der Waals surface area contributed by atoms with E-state index in [1.807, 2.05) is 0 Å². The van der Waals surface area contributed by atoms with E-state index in [9.17, 15) is 28.5 Å². The number of amides is 2. The molecule has 0 aromatic heterocycles. The van der Waals surface area contributed by atoms with Gasteiger partial charge in [0.05, 0.1) is 10.6 Å². The van der Waals surface area contributed by atoms with Gasteiger partial charge in [-0.25, -0.2) is 8.78 Å². The average Bonchev–Trinajstić information content (AvgIpc) is 2.69. The van der Waals surface area contributed by atoms with Crippen LogP contribution in [0, 0.1) is 27.7 Å². The van der Waals surface area contributed by atoms with E-state index in [1.165, 1.54) is 24.3 Å². The number of rotatable bonds is 4. The van der Waals surface area contributed by atoms with E-state index in [4.69, 9.17) is 0 Å². The summed E-state index contributed by atoms with van der Waals surface area (Å²) in [5.41, 5.74) is -0.205. The number of hydrogen-bond acceptors (Lipinski definition) is 4. The maximum absolute atomic E-state index is 13.8. The molecule has 0 unspecified atom stereocenters. The molecule has 1 aliphatic heterocycles. The Labute approximate surface area is 159 Å². The van der Waals surface area contributed by atoms with E-state index in [2.05, 4.69) is 5.32 Å². The third kappa shape index (κ3) is 4.30. The molecule has 1 N–H and O–H groups in total. The zero-order chi connectivity index (χ0) is 20.3. The fraction of sp³-hybridized carbons (Fsp3) is 0.263. The van der Waals surface area contributed by atoms with Crippen LogP contribution in [-0.2, 0) is 4.79 Å². The number of nitro benzene ring substituents is 1. The van der Waals surface area contributed by atoms with Gasteiger partial charge >= 0.3 is 0 Å². The van der Waals surface area contributed by atoms with Crippen LogP contribution in [0.3, 0.4) is 0 Å². The van der Waals surface area contributed by atoms with Crippen LogP contribution in [0.2, 0.25) is 0 Å². The van der Waals surface area contributed by atoms with Crippen molar-refractivity contribution in [2.45, 2.75) is 12.8 Å². The number of likely N-dealkylation sites (tertiary alicyclic amines) is 1. The number of anilines is 1. The zero-order valence-corrected chi connectivity index (χ0v) is 14.7. The molecule has 7 nitrogen and oxygen atoms in total. The first-order valence-electron chi connectivity index (χ1n) is 8.65. The first-order valence-corrected chi connectivity index (χ1v) is 8.65. The van der Waals surface area contributed by atoms with Crippen molar-refractivity contribution in [1.29, 1.82) is 0 Å². The van der Waals surface area contributed by atoms with Gasteiger partial charge in [0, 0.05) is 36.7 Å². The summed E-state index contributed by atoms with van der Waals surface area (Å²) in [5.74, 6) is -2.34. The largest absolute Gasteiger partial charge is 0.339 e. The number of nitrogens with zero attached hydrogens (tertiary/aromatic N) is 2. The second-order valence-corrected chi connectivity index (χ2v) is 6.48. The van der Waals surface area contributed by atoms with E-state index in [-0.39, 0.29) is 17.3 Å². The van der Waals surface area contributed by atoms with Gasteiger partial charge in [0.25, 0.3) is 11.6 Å². The Hall–Kier alpha value is -3.36. The van der Waals surface area contributed by atoms with Gasteiger partial charge in [-0.15, -0.1) is 0 Å². The van der Waals surface area contributed by atoms with Gasteiger partial charge in [-0.2, -0.15) is 0 Å². The minimum atomic E-state index is -0.761. The van der Waals surface area contributed by atoms with E-state index in [1.54, 1.807) is 4.90 Å². The second kappa shape index (κ2) is 8.12. The molecule has 0 atom stereocenters. The number of hydrogen-bond donors (Lipinski definition) is 1. The highest BCUT2D eigenvalue weighted by atomic mass is 19.1. The van der Waals surface area contributed by atoms with Crippen LogP contribution >= 0.6 is 0 Å². The Morgan fingerprint density at radius 3 is 2.32 bits per heavy atom. The molecule has 0 aliphatic carbocycles. The summed E-state index contributed by atoms with van der Waals surface area (Å²) in [5, 5.41) is 13.2. The minimum Gasteiger partial charge on any atom is -0.339 e. The fourth-order valence-corrected chi connectivity index (χ4v) is 3.08. The summed E-state index contributed by atoms with van der Waals surface area (Å²) >= 11 is 0. The molecule has 0 radical (unpaired) electrons. The van der Waals surface area contributed by atoms with Crippen LogP contribution in [0.15, 0.2) is 42.5 Å². The van der Waals surface area contributed by atoms with Gasteiger partial charge in [0.2, 0.25) is 5.91 Å². The van der Waals surface area contributed by atoms with Crippen molar-refractivity contribution in [3.05, 3.63) is 69.8 Å². The third-order valence-corrected chi connectivity index (χ3v) is 4.66. The molecule has 9 heteroatoms. The normalized spacial score (nSPS) is 14.6. The van der Waals surface area contributed by atoms with Crippen molar-refractivity contribution in [1.82, 2.24) is 4.90 Å². The number of halogens is 2. The van der Waals surface area contributed by atoms with E-state index in [0.29, 0.717) is 31.5 Å². The first kappa shape index (κ1) is 19.4. The first-order chi connectivity index (χ1) is 13.3. The van der Waals surface area contributed by atoms with Crippen LogP contribution in [0.25, 0.3) is 0 Å². The molecule has 0 saturated carbocycles. The molecule has 1 saturated heterocycles. The van der Waals surface area contributed by atoms with Gasteiger partial charge in [0.15, 0.2) is 0 Å². The lowest BCUT2D eigenvalue weighted by atomic mass is 9.95. The summed E-state index contributed by atoms with van der Waals surface area (Å²) in [6.07, 6.45) is 0.741. The number of nitro groups is 1. The highest BCUT2D eigenvalue weighted by Gasteiger charge is 2.28. The Morgan fingerprint density at radius 1 is 1.07 bits per heavy atom. The quantitative estimate of drug-likeness (QED) is 0.641. The summed E-state index contributed by atoms with van der Waals surface area (Å²) < 4.78 is 26.8. The van der Waals surface area contributed by atoms with Crippen LogP contribution < -0.4 is 5.32 Å². The Morgan fingerprint density at radius 2 is 1.71 bits per heavy atom.